The van der Waals surface area contributed by atoms with Gasteiger partial charge in [0.15, 0.2) is 69.8 Å². The van der Waals surface area contributed by atoms with Gasteiger partial charge in [-0.3, -0.25) is 0 Å². The molecule has 40 heteroatoms. The predicted octanol–water partition coefficient (Wildman–Crippen LogP) is 23.3. The average Bonchev–Trinajstić information content (AvgIpc) is 1.54. The molecule has 2 aliphatic heterocycles. The second-order valence-electron chi connectivity index (χ2n) is 31.2. The van der Waals surface area contributed by atoms with E-state index in [0.717, 1.165) is 0 Å². The number of benzene rings is 12. The molecule has 3 aromatic heterocycles. The van der Waals surface area contributed by atoms with Crippen LogP contribution in [0.3, 0.4) is 0 Å². The molecule has 0 saturated heterocycles. The predicted molar refractivity (Wildman–Crippen MR) is 521 cm³/mol. The number of hydrogen-bond donors (Lipinski definition) is 10. The molecular weight excluding hydrogens is 1880 g/mol. The van der Waals surface area contributed by atoms with E-state index in [9.17, 15) is 38.4 Å². The second-order valence-corrected chi connectivity index (χ2v) is 31.2. The summed E-state index contributed by atoms with van der Waals surface area (Å²) in [4.78, 5) is 154. The number of fused-ring (bicyclic) bond motifs is 20. The number of H-pyrrole nitrogens is 2. The highest BCUT2D eigenvalue weighted by molar-refractivity contribution is 6.28. The average molecular weight is 1960 g/mol. The number of aromatic amines is 2. The van der Waals surface area contributed by atoms with Crippen LogP contribution < -0.4 is 42.5 Å². The first-order valence-electron chi connectivity index (χ1n) is 45.0. The Morgan fingerprint density at radius 1 is 0.208 bits per heavy atom. The van der Waals surface area contributed by atoms with E-state index < -0.39 is 195 Å². The van der Waals surface area contributed by atoms with Gasteiger partial charge in [-0.2, -0.15) is 0 Å². The standard InChI is InChI=1S/C104H82F8N16O16/c1-9-137-97(129)49-33-17-25-41-57(49)113-81-69-71(83(115-59-43-27-19-35-51(59)99(131)139-11-3)87(119-63-47-31-23-39-55(63)103(135)143-15-7)85(81)117-61-45-29-21-37-53(61)101(133)141-13-5)95-126-93(69)124-91-67-65(73(105)77(109)79(111)75(67)107)89(122-91)121-90-66-68(76(108)80(112)78(110)74(66)106)92(123-90)125-94-70-72(96(127-94)128-95)84(116-60-44-28-20-36-52(60)100(132)140-12-4)88(120-64-48-32-24-40-56(64)104(136)144-16-8)86(118-62-46-30-22-38-54(62)102(134)142-14-6)82(70)114-58-42-26-18-34-50(58)98(130)138-10-2/h17-48,113-120H,9-16H2,1-8H3,(H2,121,122,123,124,125,126,127,128). The first kappa shape index (κ1) is 97.3. The molecule has 0 aliphatic carbocycles. The fourth-order valence-electron chi connectivity index (χ4n) is 16.4. The number of carbonyl (C=O) groups excluding carboxylic acids is 8. The van der Waals surface area contributed by atoms with Crippen LogP contribution in [-0.2, 0) is 37.9 Å². The lowest BCUT2D eigenvalue weighted by Crippen LogP contribution is -2.14. The number of ether oxygens (including phenoxy) is 8. The fourth-order valence-corrected chi connectivity index (χ4v) is 16.4. The van der Waals surface area contributed by atoms with Crippen LogP contribution in [0.1, 0.15) is 138 Å². The maximum atomic E-state index is 18.0. The minimum Gasteiger partial charge on any atom is -0.462 e. The Balaban J connectivity index is 1.21. The van der Waals surface area contributed by atoms with Crippen LogP contribution in [0.4, 0.5) is 126 Å². The number of nitrogens with zero attached hydrogens (tertiary/aromatic N) is 6. The van der Waals surface area contributed by atoms with Gasteiger partial charge in [-0.1, -0.05) is 97.1 Å². The minimum atomic E-state index is -2.50. The van der Waals surface area contributed by atoms with Crippen LogP contribution in [0.2, 0.25) is 0 Å². The highest BCUT2D eigenvalue weighted by Gasteiger charge is 2.41. The van der Waals surface area contributed by atoms with E-state index in [4.69, 9.17) is 57.8 Å². The molecule has 0 fully saturated rings. The summed E-state index contributed by atoms with van der Waals surface area (Å²) in [6, 6.07) is 46.7. The van der Waals surface area contributed by atoms with E-state index in [1.807, 2.05) is 0 Å². The normalized spacial score (nSPS) is 11.2. The zero-order chi connectivity index (χ0) is 102. The third-order valence-electron chi connectivity index (χ3n) is 22.6. The van der Waals surface area contributed by atoms with E-state index in [0.29, 0.717) is 0 Å². The van der Waals surface area contributed by atoms with Crippen LogP contribution in [0.15, 0.2) is 194 Å². The van der Waals surface area contributed by atoms with Gasteiger partial charge in [0, 0.05) is 0 Å². The molecule has 0 radical (unpaired) electrons. The Hall–Kier alpha value is -18.4. The fraction of sp³-hybridized carbons (Fsp3) is 0.154. The van der Waals surface area contributed by atoms with Crippen LogP contribution in [-0.4, -0.2) is 140 Å². The number of para-hydroxylation sites is 8. The maximum absolute atomic E-state index is 18.0. The van der Waals surface area contributed by atoms with Gasteiger partial charge in [0.2, 0.25) is 0 Å². The molecular formula is C104H82F8N16O16. The summed E-state index contributed by atoms with van der Waals surface area (Å²) in [5.41, 5.74) is -12.9. The lowest BCUT2D eigenvalue weighted by Gasteiger charge is -2.28. The van der Waals surface area contributed by atoms with Crippen LogP contribution in [0.5, 0.6) is 0 Å². The minimum absolute atomic E-state index is 0.104. The summed E-state index contributed by atoms with van der Waals surface area (Å²) in [5.74, 6) is -30.5. The molecule has 15 aromatic rings. The van der Waals surface area contributed by atoms with Crippen molar-refractivity contribution in [1.82, 2.24) is 39.9 Å². The summed E-state index contributed by atoms with van der Waals surface area (Å²) >= 11 is 0. The molecule has 0 amide bonds. The summed E-state index contributed by atoms with van der Waals surface area (Å²) in [5, 5.41) is 23.8. The Morgan fingerprint density at radius 2 is 0.375 bits per heavy atom. The number of aromatic nitrogens is 8. The summed E-state index contributed by atoms with van der Waals surface area (Å²) in [6.07, 6.45) is 0. The smallest absolute Gasteiger partial charge is 0.340 e. The van der Waals surface area contributed by atoms with Crippen molar-refractivity contribution in [3.05, 3.63) is 285 Å². The van der Waals surface area contributed by atoms with Crippen LogP contribution >= 0.6 is 0 Å². The first-order chi connectivity index (χ1) is 69.8. The molecule has 0 saturated carbocycles. The third-order valence-corrected chi connectivity index (χ3v) is 22.6. The Kier molecular flexibility index (Phi) is 28.2. The van der Waals surface area contributed by atoms with Crippen molar-refractivity contribution in [2.75, 3.05) is 95.4 Å². The van der Waals surface area contributed by atoms with Crippen LogP contribution in [0, 0.1) is 46.5 Å². The lowest BCUT2D eigenvalue weighted by molar-refractivity contribution is 0.0518. The molecule has 730 valence electrons. The number of halogens is 8. The van der Waals surface area contributed by atoms with Crippen molar-refractivity contribution < 1.29 is 111 Å². The summed E-state index contributed by atoms with van der Waals surface area (Å²) in [7, 11) is 0. The van der Waals surface area contributed by atoms with Gasteiger partial charge >= 0.3 is 47.8 Å². The highest BCUT2D eigenvalue weighted by atomic mass is 19.2. The number of nitrogens with one attached hydrogen (secondary N) is 10. The van der Waals surface area contributed by atoms with E-state index >= 15 is 35.1 Å². The zero-order valence-electron chi connectivity index (χ0n) is 77.4. The van der Waals surface area contributed by atoms with Gasteiger partial charge in [-0.25, -0.2) is 103 Å². The molecule has 0 spiro atoms. The molecule has 5 heterocycles. The van der Waals surface area contributed by atoms with Crippen molar-refractivity contribution in [3.8, 4) is 45.6 Å². The monoisotopic (exact) mass is 1960 g/mol. The van der Waals surface area contributed by atoms with Gasteiger partial charge in [-0.05, 0) is 152 Å². The number of rotatable bonds is 32. The van der Waals surface area contributed by atoms with E-state index in [1.165, 1.54) is 222 Å². The summed E-state index contributed by atoms with van der Waals surface area (Å²) < 4.78 is 184. The molecule has 10 N–H and O–H groups in total. The molecule has 144 heavy (non-hydrogen) atoms. The van der Waals surface area contributed by atoms with Crippen molar-refractivity contribution in [3.63, 3.8) is 0 Å². The zero-order valence-corrected chi connectivity index (χ0v) is 77.4. The number of esters is 8. The topological polar surface area (TPSA) is 416 Å². The maximum Gasteiger partial charge on any atom is 0.340 e. The van der Waals surface area contributed by atoms with Crippen LogP contribution in [0.25, 0.3) is 89.7 Å². The highest BCUT2D eigenvalue weighted by Crippen LogP contribution is 2.59. The Bertz CT molecular complexity index is 8000. The van der Waals surface area contributed by atoms with E-state index in [1.54, 1.807) is 27.7 Å². The molecule has 17 rings (SSSR count). The molecule has 8 bridgehead atoms. The molecule has 0 unspecified atom stereocenters. The summed E-state index contributed by atoms with van der Waals surface area (Å²) in [6.45, 7) is 10.7. The molecule has 2 aliphatic rings. The quantitative estimate of drug-likeness (QED) is 0.00615. The van der Waals surface area contributed by atoms with Crippen molar-refractivity contribution in [2.24, 2.45) is 0 Å². The number of anilines is 16. The largest absolute Gasteiger partial charge is 0.462 e. The number of carbonyl (C=O) groups is 8. The molecule has 12 aromatic carbocycles. The van der Waals surface area contributed by atoms with E-state index in [-0.39, 0.29) is 177 Å². The molecule has 32 nitrogen and oxygen atoms in total. The van der Waals surface area contributed by atoms with E-state index in [2.05, 4.69) is 62.5 Å². The Labute approximate surface area is 811 Å². The lowest BCUT2D eigenvalue weighted by atomic mass is 9.97. The third kappa shape index (κ3) is 18.4. The molecule has 0 atom stereocenters. The Morgan fingerprint density at radius 3 is 0.583 bits per heavy atom. The van der Waals surface area contributed by atoms with Crippen molar-refractivity contribution >= 4 is 183 Å². The van der Waals surface area contributed by atoms with Gasteiger partial charge in [-0.15, -0.1) is 0 Å². The first-order valence-corrected chi connectivity index (χ1v) is 45.0. The SMILES string of the molecule is CCOC(=O)c1ccccc1Nc1c(Nc2ccccc2C(=O)OCC)c(Nc2ccccc2C(=O)OCC)c2c(c1Nc1ccccc1C(=O)OCC)-c1nc-2nc2[nH]c(nc3nc(nc4[nH]c(n1)c1c(F)c(F)c(F)c(F)c41)-c1c(F)c(F)c(F)c(F)c1-3)c1c(Nc3ccccc3C(=O)OCC)c(Nc3ccccc3C(=O)OCC)c(Nc3ccccc3C(=O)OCC)c(Nc3ccccc3C(=O)OCC)c21. The van der Waals surface area contributed by atoms with Crippen molar-refractivity contribution in [1.29, 1.82) is 0 Å². The number of hydrogen-bond acceptors (Lipinski definition) is 30. The van der Waals surface area contributed by atoms with Gasteiger partial charge in [0.25, 0.3) is 0 Å². The van der Waals surface area contributed by atoms with Gasteiger partial charge < -0.3 is 90.4 Å². The van der Waals surface area contributed by atoms with Crippen molar-refractivity contribution in [2.45, 2.75) is 55.4 Å². The van der Waals surface area contributed by atoms with Gasteiger partial charge in [0.1, 0.15) is 22.6 Å². The van der Waals surface area contributed by atoms with Gasteiger partial charge in [0.05, 0.1) is 232 Å². The second kappa shape index (κ2) is 41.7.